The van der Waals surface area contributed by atoms with Gasteiger partial charge in [-0.3, -0.25) is 14.9 Å². The molecule has 1 fully saturated rings. The van der Waals surface area contributed by atoms with Crippen LogP contribution < -0.4 is 5.32 Å². The van der Waals surface area contributed by atoms with Crippen molar-refractivity contribution in [2.45, 2.75) is 25.4 Å². The van der Waals surface area contributed by atoms with Crippen LogP contribution in [0, 0.1) is 16.0 Å². The molecule has 0 saturated heterocycles. The molecule has 108 valence electrons. The fraction of sp³-hybridized carbons (Fsp3) is 0.462. The third-order valence-electron chi connectivity index (χ3n) is 3.55. The van der Waals surface area contributed by atoms with Gasteiger partial charge in [0.25, 0.3) is 11.6 Å². The van der Waals surface area contributed by atoms with Crippen molar-refractivity contribution in [2.75, 3.05) is 6.54 Å². The highest BCUT2D eigenvalue weighted by atomic mass is 79.9. The summed E-state index contributed by atoms with van der Waals surface area (Å²) in [7, 11) is 0. The highest BCUT2D eigenvalue weighted by Gasteiger charge is 2.25. The Labute approximate surface area is 124 Å². The first-order valence-electron chi connectivity index (χ1n) is 6.39. The molecule has 1 amide bonds. The van der Waals surface area contributed by atoms with Gasteiger partial charge in [-0.15, -0.1) is 0 Å². The summed E-state index contributed by atoms with van der Waals surface area (Å²) in [4.78, 5) is 22.1. The number of nitrogens with zero attached hydrogens (tertiary/aromatic N) is 1. The van der Waals surface area contributed by atoms with Gasteiger partial charge < -0.3 is 10.4 Å². The van der Waals surface area contributed by atoms with Gasteiger partial charge in [0, 0.05) is 29.1 Å². The van der Waals surface area contributed by atoms with Crippen LogP contribution in [0.1, 0.15) is 29.6 Å². The van der Waals surface area contributed by atoms with Gasteiger partial charge in [-0.1, -0.05) is 6.42 Å². The smallest absolute Gasteiger partial charge is 0.270 e. The van der Waals surface area contributed by atoms with E-state index in [0.29, 0.717) is 16.6 Å². The molecule has 1 aliphatic carbocycles. The summed E-state index contributed by atoms with van der Waals surface area (Å²) in [6.07, 6.45) is 2.31. The maximum Gasteiger partial charge on any atom is 0.270 e. The molecule has 7 heteroatoms. The van der Waals surface area contributed by atoms with Crippen LogP contribution in [0.25, 0.3) is 0 Å². The predicted molar refractivity (Wildman–Crippen MR) is 76.5 cm³/mol. The molecule has 0 heterocycles. The molecule has 6 nitrogen and oxygen atoms in total. The number of nitrogens with one attached hydrogen (secondary N) is 1. The lowest BCUT2D eigenvalue weighted by atomic mass is 10.1. The van der Waals surface area contributed by atoms with Crippen LogP contribution in [0.2, 0.25) is 0 Å². The Morgan fingerprint density at radius 2 is 2.25 bits per heavy atom. The highest BCUT2D eigenvalue weighted by Crippen LogP contribution is 2.26. The van der Waals surface area contributed by atoms with E-state index in [0.717, 1.165) is 19.3 Å². The quantitative estimate of drug-likeness (QED) is 0.648. The zero-order chi connectivity index (χ0) is 14.7. The van der Waals surface area contributed by atoms with E-state index in [1.165, 1.54) is 18.2 Å². The first-order valence-corrected chi connectivity index (χ1v) is 7.18. The van der Waals surface area contributed by atoms with Crippen LogP contribution in [0.15, 0.2) is 22.7 Å². The summed E-state index contributed by atoms with van der Waals surface area (Å²) in [5.41, 5.74) is 0.280. The minimum Gasteiger partial charge on any atom is -0.393 e. The van der Waals surface area contributed by atoms with Crippen molar-refractivity contribution >= 4 is 27.5 Å². The Morgan fingerprint density at radius 1 is 1.50 bits per heavy atom. The number of amides is 1. The number of hydrogen-bond acceptors (Lipinski definition) is 4. The maximum absolute atomic E-state index is 12.0. The van der Waals surface area contributed by atoms with Crippen molar-refractivity contribution in [3.63, 3.8) is 0 Å². The van der Waals surface area contributed by atoms with E-state index in [9.17, 15) is 20.0 Å². The van der Waals surface area contributed by atoms with E-state index in [-0.39, 0.29) is 23.6 Å². The number of nitro groups is 1. The number of carbonyl (C=O) groups is 1. The molecule has 2 rings (SSSR count). The summed E-state index contributed by atoms with van der Waals surface area (Å²) in [5.74, 6) is -0.207. The Balaban J connectivity index is 2.00. The Hall–Kier alpha value is -1.47. The molecule has 0 aromatic heterocycles. The molecule has 1 aromatic rings. The molecule has 0 bridgehead atoms. The predicted octanol–water partition coefficient (Wildman–Crippen LogP) is 2.25. The number of hydrogen-bond donors (Lipinski definition) is 2. The van der Waals surface area contributed by atoms with E-state index >= 15 is 0 Å². The van der Waals surface area contributed by atoms with Crippen LogP contribution in [0.4, 0.5) is 5.69 Å². The van der Waals surface area contributed by atoms with E-state index in [2.05, 4.69) is 21.2 Å². The maximum atomic E-state index is 12.0. The van der Waals surface area contributed by atoms with Gasteiger partial charge in [0.05, 0.1) is 16.6 Å². The molecule has 1 saturated carbocycles. The molecule has 1 aromatic carbocycles. The van der Waals surface area contributed by atoms with E-state index in [1.54, 1.807) is 0 Å². The Morgan fingerprint density at radius 3 is 2.80 bits per heavy atom. The zero-order valence-corrected chi connectivity index (χ0v) is 12.3. The van der Waals surface area contributed by atoms with Crippen molar-refractivity contribution in [1.82, 2.24) is 5.32 Å². The number of aliphatic hydroxyl groups excluding tert-OH is 1. The standard InChI is InChI=1S/C13H15BrN2O4/c14-11-6-9(16(19)20)4-5-10(11)13(18)15-7-8-2-1-3-12(8)17/h4-6,8,12,17H,1-3,7H2,(H,15,18). The average Bonchev–Trinajstić information content (AvgIpc) is 2.81. The lowest BCUT2D eigenvalue weighted by Gasteiger charge is -2.15. The van der Waals surface area contributed by atoms with Crippen molar-refractivity contribution < 1.29 is 14.8 Å². The van der Waals surface area contributed by atoms with Gasteiger partial charge in [0.1, 0.15) is 0 Å². The molecule has 20 heavy (non-hydrogen) atoms. The number of nitro benzene ring substituents is 1. The van der Waals surface area contributed by atoms with Gasteiger partial charge in [0.2, 0.25) is 0 Å². The second-order valence-electron chi connectivity index (χ2n) is 4.89. The summed E-state index contributed by atoms with van der Waals surface area (Å²) >= 11 is 3.17. The second kappa shape index (κ2) is 6.32. The third-order valence-corrected chi connectivity index (χ3v) is 4.21. The molecular formula is C13H15BrN2O4. The third kappa shape index (κ3) is 3.34. The largest absolute Gasteiger partial charge is 0.393 e. The number of non-ortho nitro benzene ring substituents is 1. The molecule has 0 spiro atoms. The van der Waals surface area contributed by atoms with Crippen molar-refractivity contribution in [2.24, 2.45) is 5.92 Å². The molecule has 0 radical (unpaired) electrons. The minimum atomic E-state index is -0.513. The topological polar surface area (TPSA) is 92.5 Å². The second-order valence-corrected chi connectivity index (χ2v) is 5.74. The van der Waals surface area contributed by atoms with Crippen LogP contribution in [-0.2, 0) is 0 Å². The summed E-state index contributed by atoms with van der Waals surface area (Å²) in [5, 5.41) is 23.1. The number of halogens is 1. The van der Waals surface area contributed by atoms with E-state index < -0.39 is 4.92 Å². The summed E-state index contributed by atoms with van der Waals surface area (Å²) in [6, 6.07) is 4.02. The molecule has 2 N–H and O–H groups in total. The molecule has 0 aliphatic heterocycles. The van der Waals surface area contributed by atoms with Crippen molar-refractivity contribution in [3.8, 4) is 0 Å². The van der Waals surface area contributed by atoms with Crippen LogP contribution in [0.3, 0.4) is 0 Å². The molecule has 2 unspecified atom stereocenters. The van der Waals surface area contributed by atoms with Gasteiger partial charge in [-0.25, -0.2) is 0 Å². The monoisotopic (exact) mass is 342 g/mol. The summed E-state index contributed by atoms with van der Waals surface area (Å²) in [6.45, 7) is 0.420. The van der Waals surface area contributed by atoms with Crippen molar-refractivity contribution in [3.05, 3.63) is 38.3 Å². The number of carbonyl (C=O) groups excluding carboxylic acids is 1. The molecule has 2 atom stereocenters. The number of benzene rings is 1. The molecular weight excluding hydrogens is 328 g/mol. The van der Waals surface area contributed by atoms with Gasteiger partial charge in [-0.2, -0.15) is 0 Å². The van der Waals surface area contributed by atoms with Crippen LogP contribution in [-0.4, -0.2) is 28.6 Å². The van der Waals surface area contributed by atoms with Gasteiger partial charge >= 0.3 is 0 Å². The first kappa shape index (κ1) is 14.9. The Kier molecular flexibility index (Phi) is 4.72. The summed E-state index contributed by atoms with van der Waals surface area (Å²) < 4.78 is 0.385. The van der Waals surface area contributed by atoms with Crippen LogP contribution in [0.5, 0.6) is 0 Å². The fourth-order valence-corrected chi connectivity index (χ4v) is 2.92. The fourth-order valence-electron chi connectivity index (χ4n) is 2.38. The normalized spacial score (nSPS) is 21.7. The van der Waals surface area contributed by atoms with Crippen LogP contribution >= 0.6 is 15.9 Å². The Bertz CT molecular complexity index is 535. The minimum absolute atomic E-state index is 0.0698. The number of aliphatic hydroxyl groups is 1. The van der Waals surface area contributed by atoms with Crippen molar-refractivity contribution in [1.29, 1.82) is 0 Å². The first-order chi connectivity index (χ1) is 9.49. The lowest BCUT2D eigenvalue weighted by Crippen LogP contribution is -2.32. The zero-order valence-electron chi connectivity index (χ0n) is 10.7. The van der Waals surface area contributed by atoms with Gasteiger partial charge in [0.15, 0.2) is 0 Å². The lowest BCUT2D eigenvalue weighted by molar-refractivity contribution is -0.384. The number of rotatable bonds is 4. The molecule has 1 aliphatic rings. The van der Waals surface area contributed by atoms with E-state index in [1.807, 2.05) is 0 Å². The average molecular weight is 343 g/mol. The van der Waals surface area contributed by atoms with E-state index in [4.69, 9.17) is 0 Å². The SMILES string of the molecule is O=C(NCC1CCCC1O)c1ccc([N+](=O)[O-])cc1Br. The van der Waals surface area contributed by atoms with Gasteiger partial charge in [-0.05, 0) is 34.8 Å². The highest BCUT2D eigenvalue weighted by molar-refractivity contribution is 9.10.